The Bertz CT molecular complexity index is 674. The van der Waals surface area contributed by atoms with Crippen molar-refractivity contribution in [2.45, 2.75) is 31.8 Å². The zero-order valence-corrected chi connectivity index (χ0v) is 13.1. The Morgan fingerprint density at radius 2 is 2.14 bits per heavy atom. The SMILES string of the molecule is CN(Cc1cnn(C)n1)C1CN(c2cc3c(nn2)CCC3)C1. The van der Waals surface area contributed by atoms with Gasteiger partial charge in [-0.15, -0.1) is 5.10 Å². The molecule has 1 fully saturated rings. The minimum Gasteiger partial charge on any atom is -0.352 e. The van der Waals surface area contributed by atoms with Crippen LogP contribution in [0.5, 0.6) is 0 Å². The molecule has 0 radical (unpaired) electrons. The molecule has 116 valence electrons. The lowest BCUT2D eigenvalue weighted by Crippen LogP contribution is -2.58. The molecule has 2 aromatic heterocycles. The molecule has 0 spiro atoms. The molecule has 3 heterocycles. The van der Waals surface area contributed by atoms with Gasteiger partial charge in [0.25, 0.3) is 0 Å². The number of aromatic nitrogens is 5. The van der Waals surface area contributed by atoms with Crippen LogP contribution in [0.4, 0.5) is 5.82 Å². The molecule has 2 aromatic rings. The van der Waals surface area contributed by atoms with Crippen molar-refractivity contribution in [2.24, 2.45) is 7.05 Å². The number of fused-ring (bicyclic) bond motifs is 1. The van der Waals surface area contributed by atoms with E-state index in [0.717, 1.165) is 44.0 Å². The minimum absolute atomic E-state index is 0.539. The highest BCUT2D eigenvalue weighted by molar-refractivity contribution is 5.45. The monoisotopic (exact) mass is 299 g/mol. The van der Waals surface area contributed by atoms with Gasteiger partial charge >= 0.3 is 0 Å². The average molecular weight is 299 g/mol. The summed E-state index contributed by atoms with van der Waals surface area (Å²) in [6.07, 6.45) is 5.30. The van der Waals surface area contributed by atoms with Crippen LogP contribution in [0.15, 0.2) is 12.3 Å². The molecular weight excluding hydrogens is 278 g/mol. The Hall–Kier alpha value is -2.02. The van der Waals surface area contributed by atoms with Crippen molar-refractivity contribution in [3.8, 4) is 0 Å². The number of nitrogens with zero attached hydrogens (tertiary/aromatic N) is 7. The number of hydrogen-bond donors (Lipinski definition) is 0. The topological polar surface area (TPSA) is 63.0 Å². The van der Waals surface area contributed by atoms with Gasteiger partial charge in [0.2, 0.25) is 0 Å². The summed E-state index contributed by atoms with van der Waals surface area (Å²) in [6.45, 7) is 2.84. The number of likely N-dealkylation sites (N-methyl/N-ethyl adjacent to an activating group) is 1. The van der Waals surface area contributed by atoms with Gasteiger partial charge in [-0.1, -0.05) is 0 Å². The molecule has 0 N–H and O–H groups in total. The maximum Gasteiger partial charge on any atom is 0.151 e. The smallest absolute Gasteiger partial charge is 0.151 e. The summed E-state index contributed by atoms with van der Waals surface area (Å²) < 4.78 is 0. The molecule has 1 aliphatic carbocycles. The number of hydrogen-bond acceptors (Lipinski definition) is 6. The van der Waals surface area contributed by atoms with E-state index in [2.05, 4.69) is 43.3 Å². The third-order valence-electron chi connectivity index (χ3n) is 4.67. The van der Waals surface area contributed by atoms with Crippen LogP contribution in [-0.2, 0) is 26.4 Å². The summed E-state index contributed by atoms with van der Waals surface area (Å²) in [6, 6.07) is 2.77. The van der Waals surface area contributed by atoms with Crippen molar-refractivity contribution in [2.75, 3.05) is 25.0 Å². The Kier molecular flexibility index (Phi) is 3.29. The highest BCUT2D eigenvalue weighted by Gasteiger charge is 2.32. The fraction of sp³-hybridized carbons (Fsp3) is 0.600. The first-order chi connectivity index (χ1) is 10.7. The Balaban J connectivity index is 1.35. The van der Waals surface area contributed by atoms with Gasteiger partial charge in [0.1, 0.15) is 0 Å². The maximum absolute atomic E-state index is 4.39. The largest absolute Gasteiger partial charge is 0.352 e. The molecule has 1 saturated heterocycles. The van der Waals surface area contributed by atoms with Crippen molar-refractivity contribution in [3.63, 3.8) is 0 Å². The van der Waals surface area contributed by atoms with E-state index in [1.54, 1.807) is 4.80 Å². The summed E-state index contributed by atoms with van der Waals surface area (Å²) in [4.78, 5) is 6.25. The first kappa shape index (κ1) is 13.6. The van der Waals surface area contributed by atoms with Crippen LogP contribution in [0.25, 0.3) is 0 Å². The molecule has 0 aromatic carbocycles. The second-order valence-corrected chi connectivity index (χ2v) is 6.33. The van der Waals surface area contributed by atoms with Gasteiger partial charge in [-0.3, -0.25) is 4.90 Å². The van der Waals surface area contributed by atoms with E-state index in [9.17, 15) is 0 Å². The average Bonchev–Trinajstić information content (AvgIpc) is 3.05. The van der Waals surface area contributed by atoms with Crippen LogP contribution in [0.1, 0.15) is 23.4 Å². The third-order valence-corrected chi connectivity index (χ3v) is 4.67. The lowest BCUT2D eigenvalue weighted by atomic mass is 10.1. The van der Waals surface area contributed by atoms with E-state index in [0.29, 0.717) is 6.04 Å². The number of aryl methyl sites for hydroxylation is 3. The molecule has 22 heavy (non-hydrogen) atoms. The van der Waals surface area contributed by atoms with Crippen molar-refractivity contribution < 1.29 is 0 Å². The zero-order chi connectivity index (χ0) is 15.1. The molecule has 0 unspecified atom stereocenters. The van der Waals surface area contributed by atoms with Gasteiger partial charge in [-0.2, -0.15) is 20.1 Å². The second kappa shape index (κ2) is 5.31. The second-order valence-electron chi connectivity index (χ2n) is 6.33. The molecule has 0 saturated carbocycles. The minimum atomic E-state index is 0.539. The maximum atomic E-state index is 4.39. The van der Waals surface area contributed by atoms with E-state index >= 15 is 0 Å². The molecule has 7 heteroatoms. The van der Waals surface area contributed by atoms with Gasteiger partial charge < -0.3 is 4.90 Å². The molecular formula is C15H21N7. The van der Waals surface area contributed by atoms with Gasteiger partial charge in [0.05, 0.1) is 17.6 Å². The Labute approximate surface area is 129 Å². The van der Waals surface area contributed by atoms with E-state index in [-0.39, 0.29) is 0 Å². The number of anilines is 1. The standard InChI is InChI=1S/C15H21N7/c1-20(8-12-7-16-21(2)19-12)13-9-22(10-13)15-6-11-4-3-5-14(11)17-18-15/h6-7,13H,3-5,8-10H2,1-2H3. The van der Waals surface area contributed by atoms with Crippen molar-refractivity contribution in [3.05, 3.63) is 29.2 Å². The lowest BCUT2D eigenvalue weighted by Gasteiger charge is -2.44. The Morgan fingerprint density at radius 3 is 2.91 bits per heavy atom. The predicted octanol–water partition coefficient (Wildman–Crippen LogP) is 0.414. The Morgan fingerprint density at radius 1 is 1.27 bits per heavy atom. The van der Waals surface area contributed by atoms with Gasteiger partial charge in [0, 0.05) is 32.7 Å². The fourth-order valence-electron chi connectivity index (χ4n) is 3.24. The van der Waals surface area contributed by atoms with Crippen LogP contribution in [0, 0.1) is 0 Å². The van der Waals surface area contributed by atoms with E-state index in [4.69, 9.17) is 0 Å². The van der Waals surface area contributed by atoms with Gasteiger partial charge in [0.15, 0.2) is 5.82 Å². The lowest BCUT2D eigenvalue weighted by molar-refractivity contribution is 0.194. The molecule has 0 bridgehead atoms. The van der Waals surface area contributed by atoms with Crippen molar-refractivity contribution in [1.29, 1.82) is 0 Å². The van der Waals surface area contributed by atoms with Gasteiger partial charge in [-0.05, 0) is 37.9 Å². The summed E-state index contributed by atoms with van der Waals surface area (Å²) in [5, 5.41) is 17.2. The van der Waals surface area contributed by atoms with Crippen LogP contribution < -0.4 is 4.90 Å². The normalized spacial score (nSPS) is 17.9. The van der Waals surface area contributed by atoms with E-state index < -0.39 is 0 Å². The van der Waals surface area contributed by atoms with E-state index in [1.165, 1.54) is 17.7 Å². The predicted molar refractivity (Wildman–Crippen MR) is 82.5 cm³/mol. The fourth-order valence-corrected chi connectivity index (χ4v) is 3.24. The zero-order valence-electron chi connectivity index (χ0n) is 13.1. The highest BCUT2D eigenvalue weighted by atomic mass is 15.5. The molecule has 0 atom stereocenters. The molecule has 4 rings (SSSR count). The summed E-state index contributed by atoms with van der Waals surface area (Å²) in [5.41, 5.74) is 3.60. The first-order valence-electron chi connectivity index (χ1n) is 7.85. The van der Waals surface area contributed by atoms with E-state index in [1.807, 2.05) is 13.2 Å². The summed E-state index contributed by atoms with van der Waals surface area (Å²) in [7, 11) is 3.99. The quantitative estimate of drug-likeness (QED) is 0.815. The summed E-state index contributed by atoms with van der Waals surface area (Å²) >= 11 is 0. The van der Waals surface area contributed by atoms with Crippen LogP contribution in [0.2, 0.25) is 0 Å². The molecule has 1 aliphatic heterocycles. The van der Waals surface area contributed by atoms with Crippen LogP contribution in [-0.4, -0.2) is 56.3 Å². The van der Waals surface area contributed by atoms with Crippen molar-refractivity contribution >= 4 is 5.82 Å². The number of rotatable bonds is 4. The van der Waals surface area contributed by atoms with Crippen LogP contribution in [0.3, 0.4) is 0 Å². The molecule has 7 nitrogen and oxygen atoms in total. The van der Waals surface area contributed by atoms with Crippen molar-refractivity contribution in [1.82, 2.24) is 30.1 Å². The van der Waals surface area contributed by atoms with Gasteiger partial charge in [-0.25, -0.2) is 0 Å². The molecule has 2 aliphatic rings. The first-order valence-corrected chi connectivity index (χ1v) is 7.85. The highest BCUT2D eigenvalue weighted by Crippen LogP contribution is 2.26. The molecule has 0 amide bonds. The van der Waals surface area contributed by atoms with Crippen LogP contribution >= 0.6 is 0 Å². The summed E-state index contributed by atoms with van der Waals surface area (Å²) in [5.74, 6) is 1.03. The third kappa shape index (κ3) is 2.45.